The quantitative estimate of drug-likeness (QED) is 0.0772. The number of nitrogens with zero attached hydrogens (tertiary/aromatic N) is 1. The van der Waals surface area contributed by atoms with E-state index in [0.29, 0.717) is 25.8 Å². The van der Waals surface area contributed by atoms with E-state index in [0.717, 1.165) is 6.42 Å². The molecular formula is C26H61NO14Si4. The van der Waals surface area contributed by atoms with Crippen LogP contribution in [0.5, 0.6) is 0 Å². The summed E-state index contributed by atoms with van der Waals surface area (Å²) in [6.45, 7) is 19.0. The molecule has 0 aliphatic rings. The Kier molecular flexibility index (Phi) is 24.6. The largest absolute Gasteiger partial charge is 0.672 e. The van der Waals surface area contributed by atoms with Crippen molar-refractivity contribution in [3.05, 3.63) is 0 Å². The minimum absolute atomic E-state index is 0.230. The van der Waals surface area contributed by atoms with Crippen molar-refractivity contribution in [2.24, 2.45) is 0 Å². The fourth-order valence-corrected chi connectivity index (χ4v) is 18.3. The van der Waals surface area contributed by atoms with E-state index >= 15 is 0 Å². The molecule has 0 aromatic rings. The van der Waals surface area contributed by atoms with Gasteiger partial charge in [0.2, 0.25) is 0 Å². The third-order valence-electron chi connectivity index (χ3n) is 5.78. The predicted octanol–water partition coefficient (Wildman–Crippen LogP) is 4.78. The fourth-order valence-electron chi connectivity index (χ4n) is 4.16. The molecule has 1 N–H and O–H groups in total. The molecule has 0 atom stereocenters. The van der Waals surface area contributed by atoms with E-state index < -0.39 is 42.0 Å². The van der Waals surface area contributed by atoms with Gasteiger partial charge in [0, 0.05) is 79.1 Å². The summed E-state index contributed by atoms with van der Waals surface area (Å²) in [7, 11) is -14.4. The average molecular weight is 724 g/mol. The smallest absolute Gasteiger partial charge is 0.465 e. The fraction of sp³-hybridized carbons (Fsp3) is 0.962. The lowest BCUT2D eigenvalue weighted by atomic mass is 10.2. The predicted molar refractivity (Wildman–Crippen MR) is 175 cm³/mol. The summed E-state index contributed by atoms with van der Waals surface area (Å²) >= 11 is 0. The lowest BCUT2D eigenvalue weighted by molar-refractivity contribution is -0.0546. The molecule has 0 fully saturated rings. The summed E-state index contributed by atoms with van der Waals surface area (Å²) in [5.74, 6) is 0. The van der Waals surface area contributed by atoms with Gasteiger partial charge in [0.05, 0.1) is 0 Å². The molecule has 0 radical (unpaired) electrons. The lowest BCUT2D eigenvalue weighted by Gasteiger charge is -2.43. The number of unbranched alkanes of at least 4 members (excludes halogenated alkanes) is 3. The van der Waals surface area contributed by atoms with Gasteiger partial charge >= 0.3 is 42.0 Å². The number of rotatable bonds is 31. The van der Waals surface area contributed by atoms with Crippen LogP contribution < -0.4 is 0 Å². The first-order valence-corrected chi connectivity index (χ1v) is 23.1. The minimum Gasteiger partial charge on any atom is -0.465 e. The van der Waals surface area contributed by atoms with Crippen molar-refractivity contribution in [2.75, 3.05) is 73.1 Å². The van der Waals surface area contributed by atoms with E-state index in [9.17, 15) is 9.90 Å². The maximum absolute atomic E-state index is 11.2. The Balaban J connectivity index is 7.14. The van der Waals surface area contributed by atoms with Crippen molar-refractivity contribution in [3.8, 4) is 0 Å². The summed E-state index contributed by atoms with van der Waals surface area (Å²) in [6.07, 6.45) is 1.74. The maximum atomic E-state index is 11.2. The molecule has 270 valence electrons. The van der Waals surface area contributed by atoms with Gasteiger partial charge in [-0.2, -0.15) is 0 Å². The Labute approximate surface area is 275 Å². The molecule has 15 nitrogen and oxygen atoms in total. The molecule has 0 aromatic carbocycles. The topological polar surface area (TPSA) is 151 Å². The van der Waals surface area contributed by atoms with Gasteiger partial charge in [-0.25, -0.2) is 4.79 Å². The normalized spacial score (nSPS) is 13.0. The molecule has 0 heterocycles. The summed E-state index contributed by atoms with van der Waals surface area (Å²) in [6, 6.07) is 0.230. The molecule has 0 saturated heterocycles. The van der Waals surface area contributed by atoms with Gasteiger partial charge in [-0.05, 0) is 75.2 Å². The lowest BCUT2D eigenvalue weighted by Crippen LogP contribution is -2.70. The van der Waals surface area contributed by atoms with E-state index in [4.69, 9.17) is 52.2 Å². The molecule has 0 aromatic heterocycles. The third kappa shape index (κ3) is 16.6. The first kappa shape index (κ1) is 44.7. The van der Waals surface area contributed by atoms with Crippen LogP contribution in [0, 0.1) is 0 Å². The molecule has 0 unspecified atom stereocenters. The standard InChI is InChI=1S/C26H61NO14Si4/c1-11-30-43(31-12-2,32-13-3)39-42(25-23-21-20-22-24-27(10)26(28)29,40-44(33-14-4,34-15-5)35-16-6)41-45(36-17-7,37-18-8)38-19-9/h11-25H2,1-10H3,(H,28,29). The van der Waals surface area contributed by atoms with Crippen molar-refractivity contribution in [2.45, 2.75) is 94.0 Å². The number of hydrogen-bond acceptors (Lipinski definition) is 13. The van der Waals surface area contributed by atoms with Crippen LogP contribution in [0.1, 0.15) is 88.0 Å². The zero-order chi connectivity index (χ0) is 34.2. The summed E-state index contributed by atoms with van der Waals surface area (Å²) in [5.41, 5.74) is 0. The van der Waals surface area contributed by atoms with Crippen molar-refractivity contribution >= 4 is 42.0 Å². The Hall–Kier alpha value is -0.342. The second-order valence-corrected chi connectivity index (χ2v) is 19.2. The minimum atomic E-state index is -4.18. The highest BCUT2D eigenvalue weighted by molar-refractivity contribution is 6.82. The first-order valence-electron chi connectivity index (χ1n) is 16.3. The monoisotopic (exact) mass is 723 g/mol. The van der Waals surface area contributed by atoms with Crippen LogP contribution in [0.4, 0.5) is 4.79 Å². The van der Waals surface area contributed by atoms with Crippen molar-refractivity contribution in [1.82, 2.24) is 4.90 Å². The Morgan fingerprint density at radius 3 is 1.00 bits per heavy atom. The van der Waals surface area contributed by atoms with Crippen LogP contribution in [0.25, 0.3) is 0 Å². The molecule has 0 spiro atoms. The molecular weight excluding hydrogens is 663 g/mol. The van der Waals surface area contributed by atoms with Gasteiger partial charge in [0.25, 0.3) is 0 Å². The summed E-state index contributed by atoms with van der Waals surface area (Å²) < 4.78 is 75.7. The molecule has 0 saturated carbocycles. The van der Waals surface area contributed by atoms with E-state index in [1.54, 1.807) is 7.05 Å². The van der Waals surface area contributed by atoms with Gasteiger partial charge < -0.3 is 62.2 Å². The second kappa shape index (κ2) is 24.7. The number of carbonyl (C=O) groups is 1. The second-order valence-electron chi connectivity index (χ2n) is 9.25. The van der Waals surface area contributed by atoms with Gasteiger partial charge in [-0.1, -0.05) is 12.8 Å². The highest BCUT2D eigenvalue weighted by Crippen LogP contribution is 2.34. The molecule has 45 heavy (non-hydrogen) atoms. The van der Waals surface area contributed by atoms with Crippen LogP contribution in [0.15, 0.2) is 0 Å². The number of amides is 1. The van der Waals surface area contributed by atoms with Gasteiger partial charge in [-0.3, -0.25) is 0 Å². The zero-order valence-electron chi connectivity index (χ0n) is 29.3. The summed E-state index contributed by atoms with van der Waals surface area (Å²) in [4.78, 5) is 12.5. The molecule has 0 aliphatic heterocycles. The highest BCUT2D eigenvalue weighted by atomic mass is 28.5. The SMILES string of the molecule is CCO[Si](OCC)(OCC)O[Si](CCCCCCN(C)C(=O)O)(O[Si](OCC)(OCC)OCC)O[Si](OCC)(OCC)OCC. The van der Waals surface area contributed by atoms with Crippen LogP contribution in [0.3, 0.4) is 0 Å². The van der Waals surface area contributed by atoms with Crippen LogP contribution >= 0.6 is 0 Å². The van der Waals surface area contributed by atoms with Crippen molar-refractivity contribution < 1.29 is 62.1 Å². The highest BCUT2D eigenvalue weighted by Gasteiger charge is 2.67. The summed E-state index contributed by atoms with van der Waals surface area (Å²) in [5, 5.41) is 9.20. The average Bonchev–Trinajstić information content (AvgIpc) is 2.96. The van der Waals surface area contributed by atoms with Crippen LogP contribution in [-0.2, 0) is 52.2 Å². The van der Waals surface area contributed by atoms with E-state index in [1.165, 1.54) is 4.90 Å². The van der Waals surface area contributed by atoms with Gasteiger partial charge in [-0.15, -0.1) is 0 Å². The van der Waals surface area contributed by atoms with Crippen LogP contribution in [0.2, 0.25) is 6.04 Å². The molecule has 1 amide bonds. The van der Waals surface area contributed by atoms with Gasteiger partial charge in [0.15, 0.2) is 0 Å². The molecule has 0 bridgehead atoms. The van der Waals surface area contributed by atoms with Gasteiger partial charge in [0.1, 0.15) is 0 Å². The Morgan fingerprint density at radius 2 is 0.756 bits per heavy atom. The van der Waals surface area contributed by atoms with E-state index in [-0.39, 0.29) is 65.5 Å². The van der Waals surface area contributed by atoms with Crippen molar-refractivity contribution in [1.29, 1.82) is 0 Å². The zero-order valence-corrected chi connectivity index (χ0v) is 33.3. The first-order chi connectivity index (χ1) is 21.5. The van der Waals surface area contributed by atoms with E-state index in [2.05, 4.69) is 0 Å². The Morgan fingerprint density at radius 1 is 0.489 bits per heavy atom. The third-order valence-corrected chi connectivity index (χ3v) is 19.3. The maximum Gasteiger partial charge on any atom is 0.672 e. The number of carboxylic acid groups (broad SMARTS) is 1. The van der Waals surface area contributed by atoms with E-state index in [1.807, 2.05) is 62.3 Å². The molecule has 0 aliphatic carbocycles. The van der Waals surface area contributed by atoms with Crippen LogP contribution in [-0.4, -0.2) is 125 Å². The number of hydrogen-bond donors (Lipinski definition) is 1. The Bertz CT molecular complexity index is 640. The molecule has 19 heteroatoms. The molecule has 0 rings (SSSR count). The van der Waals surface area contributed by atoms with Crippen molar-refractivity contribution in [3.63, 3.8) is 0 Å².